The van der Waals surface area contributed by atoms with Gasteiger partial charge in [-0.25, -0.2) is 12.4 Å². The second kappa shape index (κ2) is 10.2. The standard InChI is InChI=1S/C31H30N2O3S/c1-3-25-8-4-5-10-31(25)36-21-24-18-29(26-9-6-7-23(17-26)20-32)28-15-16-33(30(28)19-24)37(34,35)27-13-11-22(2)12-14-27/h4-19H,3,20-21,32H2,1-2H3. The van der Waals surface area contributed by atoms with E-state index < -0.39 is 10.0 Å². The van der Waals surface area contributed by atoms with Crippen LogP contribution in [0.1, 0.15) is 29.2 Å². The van der Waals surface area contributed by atoms with E-state index in [9.17, 15) is 8.42 Å². The Morgan fingerprint density at radius 1 is 0.865 bits per heavy atom. The molecule has 1 heterocycles. The van der Waals surface area contributed by atoms with Gasteiger partial charge in [-0.05, 0) is 83.6 Å². The molecule has 5 nitrogen and oxygen atoms in total. The van der Waals surface area contributed by atoms with Crippen LogP contribution in [-0.4, -0.2) is 12.4 Å². The highest BCUT2D eigenvalue weighted by atomic mass is 32.2. The third-order valence-corrected chi connectivity index (χ3v) is 8.34. The summed E-state index contributed by atoms with van der Waals surface area (Å²) >= 11 is 0. The van der Waals surface area contributed by atoms with Gasteiger partial charge >= 0.3 is 0 Å². The average Bonchev–Trinajstić information content (AvgIpc) is 3.37. The molecule has 0 fully saturated rings. The monoisotopic (exact) mass is 510 g/mol. The lowest BCUT2D eigenvalue weighted by atomic mass is 9.97. The fraction of sp³-hybridized carbons (Fsp3) is 0.161. The van der Waals surface area contributed by atoms with Crippen LogP contribution >= 0.6 is 0 Å². The van der Waals surface area contributed by atoms with Crippen LogP contribution in [0.5, 0.6) is 5.75 Å². The predicted octanol–water partition coefficient (Wildman–Crippen LogP) is 6.45. The maximum Gasteiger partial charge on any atom is 0.268 e. The smallest absolute Gasteiger partial charge is 0.268 e. The van der Waals surface area contributed by atoms with Gasteiger partial charge in [0.2, 0.25) is 0 Å². The molecule has 0 atom stereocenters. The predicted molar refractivity (Wildman–Crippen MR) is 149 cm³/mol. The van der Waals surface area contributed by atoms with Crippen LogP contribution in [-0.2, 0) is 29.6 Å². The number of aromatic nitrogens is 1. The zero-order valence-electron chi connectivity index (χ0n) is 21.0. The SMILES string of the molecule is CCc1ccccc1OCc1cc(-c2cccc(CN)c2)c2ccn(S(=O)(=O)c3ccc(C)cc3)c2c1. The van der Waals surface area contributed by atoms with E-state index in [0.29, 0.717) is 18.7 Å². The number of nitrogens with zero attached hydrogens (tertiary/aromatic N) is 1. The Labute approximate surface area is 218 Å². The van der Waals surface area contributed by atoms with Gasteiger partial charge in [0, 0.05) is 18.1 Å². The lowest BCUT2D eigenvalue weighted by Gasteiger charge is -2.14. The van der Waals surface area contributed by atoms with Crippen LogP contribution in [0.15, 0.2) is 102 Å². The molecule has 0 aliphatic carbocycles. The van der Waals surface area contributed by atoms with E-state index in [2.05, 4.69) is 25.1 Å². The number of benzene rings is 4. The summed E-state index contributed by atoms with van der Waals surface area (Å²) in [5.74, 6) is 0.833. The summed E-state index contributed by atoms with van der Waals surface area (Å²) in [7, 11) is -3.79. The molecule has 0 saturated carbocycles. The van der Waals surface area contributed by atoms with Gasteiger partial charge in [0.25, 0.3) is 10.0 Å². The lowest BCUT2D eigenvalue weighted by Crippen LogP contribution is -2.12. The Morgan fingerprint density at radius 2 is 1.65 bits per heavy atom. The number of fused-ring (bicyclic) bond motifs is 1. The molecule has 0 saturated heterocycles. The topological polar surface area (TPSA) is 74.3 Å². The minimum absolute atomic E-state index is 0.251. The third kappa shape index (κ3) is 4.90. The summed E-state index contributed by atoms with van der Waals surface area (Å²) in [6.07, 6.45) is 2.50. The zero-order chi connectivity index (χ0) is 26.0. The summed E-state index contributed by atoms with van der Waals surface area (Å²) < 4.78 is 34.9. The van der Waals surface area contributed by atoms with Gasteiger partial charge in [0.15, 0.2) is 0 Å². The summed E-state index contributed by atoms with van der Waals surface area (Å²) in [5, 5.41) is 0.850. The lowest BCUT2D eigenvalue weighted by molar-refractivity contribution is 0.303. The van der Waals surface area contributed by atoms with Crippen LogP contribution < -0.4 is 10.5 Å². The molecule has 0 radical (unpaired) electrons. The fourth-order valence-electron chi connectivity index (χ4n) is 4.60. The van der Waals surface area contributed by atoms with Crippen LogP contribution in [0.25, 0.3) is 22.0 Å². The highest BCUT2D eigenvalue weighted by molar-refractivity contribution is 7.90. The van der Waals surface area contributed by atoms with Gasteiger partial charge in [0.1, 0.15) is 12.4 Å². The van der Waals surface area contributed by atoms with E-state index >= 15 is 0 Å². The van der Waals surface area contributed by atoms with E-state index in [4.69, 9.17) is 10.5 Å². The van der Waals surface area contributed by atoms with E-state index in [1.54, 1.807) is 18.3 Å². The number of ether oxygens (including phenoxy) is 1. The van der Waals surface area contributed by atoms with Crippen molar-refractivity contribution in [1.29, 1.82) is 0 Å². The third-order valence-electron chi connectivity index (χ3n) is 6.63. The van der Waals surface area contributed by atoms with Crippen molar-refractivity contribution in [2.24, 2.45) is 5.73 Å². The summed E-state index contributed by atoms with van der Waals surface area (Å²) in [6, 6.07) is 28.8. The first kappa shape index (κ1) is 24.8. The zero-order valence-corrected chi connectivity index (χ0v) is 21.8. The first-order chi connectivity index (χ1) is 17.9. The fourth-order valence-corrected chi connectivity index (χ4v) is 5.93. The average molecular weight is 511 g/mol. The molecule has 0 aliphatic heterocycles. The van der Waals surface area contributed by atoms with Crippen molar-refractivity contribution >= 4 is 20.9 Å². The second-order valence-electron chi connectivity index (χ2n) is 9.16. The molecular formula is C31H30N2O3S. The maximum absolute atomic E-state index is 13.7. The van der Waals surface area contributed by atoms with Gasteiger partial charge in [0.05, 0.1) is 10.4 Å². The Morgan fingerprint density at radius 3 is 2.41 bits per heavy atom. The molecule has 1 aromatic heterocycles. The Hall–Kier alpha value is -3.87. The number of para-hydroxylation sites is 1. The summed E-state index contributed by atoms with van der Waals surface area (Å²) in [4.78, 5) is 0.251. The van der Waals surface area contributed by atoms with Gasteiger partial charge in [-0.1, -0.05) is 61.0 Å². The first-order valence-electron chi connectivity index (χ1n) is 12.4. The van der Waals surface area contributed by atoms with Crippen LogP contribution in [0.4, 0.5) is 0 Å². The van der Waals surface area contributed by atoms with Crippen molar-refractivity contribution in [2.45, 2.75) is 38.3 Å². The molecule has 2 N–H and O–H groups in total. The highest BCUT2D eigenvalue weighted by Crippen LogP contribution is 2.34. The van der Waals surface area contributed by atoms with Crippen LogP contribution in [0.2, 0.25) is 0 Å². The van der Waals surface area contributed by atoms with Crippen LogP contribution in [0.3, 0.4) is 0 Å². The van der Waals surface area contributed by atoms with Crippen molar-refractivity contribution in [3.8, 4) is 16.9 Å². The molecule has 0 bridgehead atoms. The van der Waals surface area contributed by atoms with Crippen molar-refractivity contribution in [3.05, 3.63) is 119 Å². The number of aryl methyl sites for hydroxylation is 2. The first-order valence-corrected chi connectivity index (χ1v) is 13.8. The molecule has 6 heteroatoms. The number of rotatable bonds is 8. The van der Waals surface area contributed by atoms with Gasteiger partial charge in [-0.3, -0.25) is 0 Å². The van der Waals surface area contributed by atoms with E-state index in [0.717, 1.165) is 50.9 Å². The largest absolute Gasteiger partial charge is 0.489 e. The normalized spacial score (nSPS) is 11.6. The molecule has 4 aromatic carbocycles. The molecule has 0 spiro atoms. The number of nitrogens with two attached hydrogens (primary N) is 1. The Kier molecular flexibility index (Phi) is 6.87. The van der Waals surface area contributed by atoms with E-state index in [1.165, 1.54) is 3.97 Å². The van der Waals surface area contributed by atoms with Crippen molar-refractivity contribution in [2.75, 3.05) is 0 Å². The van der Waals surface area contributed by atoms with Gasteiger partial charge in [-0.15, -0.1) is 0 Å². The highest BCUT2D eigenvalue weighted by Gasteiger charge is 2.21. The quantitative estimate of drug-likeness (QED) is 0.260. The minimum Gasteiger partial charge on any atom is -0.489 e. The number of hydrogen-bond acceptors (Lipinski definition) is 4. The van der Waals surface area contributed by atoms with Crippen molar-refractivity contribution in [3.63, 3.8) is 0 Å². The molecule has 5 rings (SSSR count). The summed E-state index contributed by atoms with van der Waals surface area (Å²) in [5.41, 5.74) is 12.5. The molecule has 0 aliphatic rings. The summed E-state index contributed by atoms with van der Waals surface area (Å²) in [6.45, 7) is 4.77. The molecule has 188 valence electrons. The minimum atomic E-state index is -3.79. The number of hydrogen-bond donors (Lipinski definition) is 1. The van der Waals surface area contributed by atoms with Crippen molar-refractivity contribution < 1.29 is 13.2 Å². The molecule has 0 unspecified atom stereocenters. The van der Waals surface area contributed by atoms with Gasteiger partial charge in [-0.2, -0.15) is 0 Å². The molecule has 0 amide bonds. The second-order valence-corrected chi connectivity index (χ2v) is 11.0. The Balaban J connectivity index is 1.65. The van der Waals surface area contributed by atoms with E-state index in [-0.39, 0.29) is 4.90 Å². The van der Waals surface area contributed by atoms with Crippen molar-refractivity contribution in [1.82, 2.24) is 3.97 Å². The van der Waals surface area contributed by atoms with Crippen LogP contribution in [0, 0.1) is 6.92 Å². The van der Waals surface area contributed by atoms with Gasteiger partial charge < -0.3 is 10.5 Å². The maximum atomic E-state index is 13.7. The molecule has 37 heavy (non-hydrogen) atoms. The Bertz CT molecular complexity index is 1670. The molecule has 5 aromatic rings. The molecular weight excluding hydrogens is 480 g/mol. The van der Waals surface area contributed by atoms with E-state index in [1.807, 2.05) is 67.6 Å².